The predicted molar refractivity (Wildman–Crippen MR) is 131 cm³/mol. The molecule has 186 valence electrons. The normalized spacial score (nSPS) is 25.6. The summed E-state index contributed by atoms with van der Waals surface area (Å²) < 4.78 is 11.8. The SMILES string of the molecule is C[Si](C)(C)CCOCN1C(=O)CCC(N2Cc3cc(O[C@H]4CCCC[C@@H]4N)ccc3C2=O)C1=O. The molecule has 4 rings (SSSR count). The van der Waals surface area contributed by atoms with Crippen molar-refractivity contribution in [2.45, 2.75) is 88.9 Å². The highest BCUT2D eigenvalue weighted by atomic mass is 28.3. The molecule has 9 heteroatoms. The highest BCUT2D eigenvalue weighted by Crippen LogP contribution is 2.32. The minimum Gasteiger partial charge on any atom is -0.489 e. The van der Waals surface area contributed by atoms with Crippen molar-refractivity contribution in [2.75, 3.05) is 13.3 Å². The third-order valence-corrected chi connectivity index (χ3v) is 8.73. The van der Waals surface area contributed by atoms with Gasteiger partial charge in [-0.1, -0.05) is 26.1 Å². The lowest BCUT2D eigenvalue weighted by atomic mass is 9.93. The fourth-order valence-corrected chi connectivity index (χ4v) is 5.63. The number of nitrogens with two attached hydrogens (primary N) is 1. The molecule has 1 saturated heterocycles. The molecule has 3 aliphatic rings. The molecule has 2 N–H and O–H groups in total. The van der Waals surface area contributed by atoms with Gasteiger partial charge in [-0.15, -0.1) is 0 Å². The highest BCUT2D eigenvalue weighted by Gasteiger charge is 2.43. The van der Waals surface area contributed by atoms with Crippen LogP contribution in [0, 0.1) is 0 Å². The van der Waals surface area contributed by atoms with Crippen LogP contribution in [0.15, 0.2) is 18.2 Å². The van der Waals surface area contributed by atoms with Crippen LogP contribution in [0.1, 0.15) is 54.4 Å². The standard InChI is InChI=1S/C25H37N3O5Si/c1-34(2,3)13-12-32-16-28-23(29)11-10-21(25(28)31)27-15-17-14-18(8-9-19(17)24(27)30)33-22-7-5-4-6-20(22)26/h8-9,14,20-22H,4-7,10-13,15-16,26H2,1-3H3/t20-,21?,22-/m0/s1. The van der Waals surface area contributed by atoms with E-state index in [4.69, 9.17) is 15.2 Å². The monoisotopic (exact) mass is 487 g/mol. The number of imide groups is 1. The van der Waals surface area contributed by atoms with Gasteiger partial charge in [-0.3, -0.25) is 19.3 Å². The number of likely N-dealkylation sites (tertiary alicyclic amines) is 1. The van der Waals surface area contributed by atoms with Gasteiger partial charge in [-0.2, -0.15) is 0 Å². The second-order valence-corrected chi connectivity index (χ2v) is 16.5. The van der Waals surface area contributed by atoms with Crippen LogP contribution in [0.4, 0.5) is 0 Å². The quantitative estimate of drug-likeness (QED) is 0.343. The number of piperidine rings is 1. The lowest BCUT2D eigenvalue weighted by Crippen LogP contribution is -2.55. The molecule has 1 saturated carbocycles. The molecular weight excluding hydrogens is 450 g/mol. The molecule has 2 heterocycles. The van der Waals surface area contributed by atoms with Crippen LogP contribution >= 0.6 is 0 Å². The molecule has 1 aliphatic carbocycles. The number of ether oxygens (including phenoxy) is 2. The number of hydrogen-bond acceptors (Lipinski definition) is 6. The minimum atomic E-state index is -1.26. The maximum absolute atomic E-state index is 13.2. The summed E-state index contributed by atoms with van der Waals surface area (Å²) in [6.45, 7) is 7.56. The zero-order valence-electron chi connectivity index (χ0n) is 20.5. The van der Waals surface area contributed by atoms with Crippen molar-refractivity contribution in [2.24, 2.45) is 5.73 Å². The van der Waals surface area contributed by atoms with E-state index in [1.807, 2.05) is 12.1 Å². The Morgan fingerprint density at radius 2 is 1.85 bits per heavy atom. The first kappa shape index (κ1) is 24.9. The molecule has 0 radical (unpaired) electrons. The summed E-state index contributed by atoms with van der Waals surface area (Å²) in [5, 5.41) is 0. The summed E-state index contributed by atoms with van der Waals surface area (Å²) in [6, 6.07) is 5.81. The molecule has 3 atom stereocenters. The first-order valence-corrected chi connectivity index (χ1v) is 16.1. The highest BCUT2D eigenvalue weighted by molar-refractivity contribution is 6.76. The van der Waals surface area contributed by atoms with Crippen LogP contribution in [-0.4, -0.2) is 67.1 Å². The van der Waals surface area contributed by atoms with Gasteiger partial charge < -0.3 is 20.1 Å². The van der Waals surface area contributed by atoms with Crippen molar-refractivity contribution in [1.29, 1.82) is 0 Å². The fourth-order valence-electron chi connectivity index (χ4n) is 4.87. The summed E-state index contributed by atoms with van der Waals surface area (Å²) in [7, 11) is -1.26. The Balaban J connectivity index is 1.40. The number of rotatable bonds is 8. The zero-order chi connectivity index (χ0) is 24.5. The van der Waals surface area contributed by atoms with E-state index in [1.165, 1.54) is 4.90 Å². The molecule has 2 aliphatic heterocycles. The summed E-state index contributed by atoms with van der Waals surface area (Å²) in [5.41, 5.74) is 7.65. The number of carbonyl (C=O) groups is 3. The molecule has 8 nitrogen and oxygen atoms in total. The first-order valence-electron chi connectivity index (χ1n) is 12.4. The van der Waals surface area contributed by atoms with Gasteiger partial charge in [0.2, 0.25) is 5.91 Å². The van der Waals surface area contributed by atoms with E-state index in [0.717, 1.165) is 37.3 Å². The van der Waals surface area contributed by atoms with Gasteiger partial charge in [0.25, 0.3) is 11.8 Å². The molecule has 3 amide bonds. The number of benzene rings is 1. The molecule has 1 aromatic carbocycles. The third kappa shape index (κ3) is 5.53. The van der Waals surface area contributed by atoms with E-state index in [9.17, 15) is 14.4 Å². The average molecular weight is 488 g/mol. The number of amides is 3. The average Bonchev–Trinajstić information content (AvgIpc) is 3.09. The number of nitrogens with zero attached hydrogens (tertiary/aromatic N) is 2. The van der Waals surface area contributed by atoms with Crippen LogP contribution in [0.5, 0.6) is 5.75 Å². The van der Waals surface area contributed by atoms with Crippen molar-refractivity contribution in [3.8, 4) is 5.75 Å². The molecule has 1 aromatic rings. The Labute approximate surface area is 202 Å². The van der Waals surface area contributed by atoms with Gasteiger partial charge in [-0.05, 0) is 55.5 Å². The third-order valence-electron chi connectivity index (χ3n) is 7.03. The van der Waals surface area contributed by atoms with Crippen molar-refractivity contribution in [1.82, 2.24) is 9.80 Å². The summed E-state index contributed by atoms with van der Waals surface area (Å²) in [6.07, 6.45) is 4.68. The number of carbonyl (C=O) groups excluding carboxylic acids is 3. The smallest absolute Gasteiger partial charge is 0.255 e. The van der Waals surface area contributed by atoms with E-state index in [1.54, 1.807) is 11.0 Å². The Bertz CT molecular complexity index is 947. The van der Waals surface area contributed by atoms with Crippen LogP contribution in [0.25, 0.3) is 0 Å². The largest absolute Gasteiger partial charge is 0.489 e. The number of fused-ring (bicyclic) bond motifs is 1. The lowest BCUT2D eigenvalue weighted by molar-refractivity contribution is -0.158. The molecular formula is C25H37N3O5Si. The molecule has 0 bridgehead atoms. The van der Waals surface area contributed by atoms with E-state index in [2.05, 4.69) is 19.6 Å². The van der Waals surface area contributed by atoms with Gasteiger partial charge in [0.1, 0.15) is 24.6 Å². The predicted octanol–water partition coefficient (Wildman–Crippen LogP) is 3.12. The Morgan fingerprint density at radius 3 is 2.59 bits per heavy atom. The lowest BCUT2D eigenvalue weighted by Gasteiger charge is -2.35. The van der Waals surface area contributed by atoms with E-state index in [-0.39, 0.29) is 43.0 Å². The second-order valence-electron chi connectivity index (χ2n) is 10.9. The van der Waals surface area contributed by atoms with E-state index < -0.39 is 14.1 Å². The van der Waals surface area contributed by atoms with Gasteiger partial charge >= 0.3 is 0 Å². The Kier molecular flexibility index (Phi) is 7.44. The maximum atomic E-state index is 13.2. The van der Waals surface area contributed by atoms with Crippen molar-refractivity contribution < 1.29 is 23.9 Å². The second kappa shape index (κ2) is 10.2. The number of hydrogen-bond donors (Lipinski definition) is 1. The molecule has 34 heavy (non-hydrogen) atoms. The fraction of sp³-hybridized carbons (Fsp3) is 0.640. The van der Waals surface area contributed by atoms with Crippen LogP contribution in [-0.2, 0) is 20.9 Å². The van der Waals surface area contributed by atoms with Crippen molar-refractivity contribution >= 4 is 25.8 Å². The molecule has 0 spiro atoms. The summed E-state index contributed by atoms with van der Waals surface area (Å²) in [4.78, 5) is 41.5. The molecule has 0 aromatic heterocycles. The van der Waals surface area contributed by atoms with Gasteiger partial charge in [-0.25, -0.2) is 0 Å². The van der Waals surface area contributed by atoms with Crippen molar-refractivity contribution in [3.05, 3.63) is 29.3 Å². The minimum absolute atomic E-state index is 0.0135. The van der Waals surface area contributed by atoms with Gasteiger partial charge in [0, 0.05) is 39.3 Å². The topological polar surface area (TPSA) is 102 Å². The molecule has 2 fully saturated rings. The van der Waals surface area contributed by atoms with E-state index >= 15 is 0 Å². The Hall–Kier alpha value is -2.23. The Morgan fingerprint density at radius 1 is 1.09 bits per heavy atom. The van der Waals surface area contributed by atoms with Crippen LogP contribution in [0.2, 0.25) is 25.7 Å². The van der Waals surface area contributed by atoms with Crippen LogP contribution < -0.4 is 10.5 Å². The summed E-state index contributed by atoms with van der Waals surface area (Å²) >= 11 is 0. The van der Waals surface area contributed by atoms with Gasteiger partial charge in [0.05, 0.1) is 0 Å². The molecule has 1 unspecified atom stereocenters. The van der Waals surface area contributed by atoms with Crippen molar-refractivity contribution in [3.63, 3.8) is 0 Å². The van der Waals surface area contributed by atoms with Crippen LogP contribution in [0.3, 0.4) is 0 Å². The summed E-state index contributed by atoms with van der Waals surface area (Å²) in [5.74, 6) is -0.0606. The van der Waals surface area contributed by atoms with Gasteiger partial charge in [0.15, 0.2) is 0 Å². The first-order chi connectivity index (χ1) is 16.1. The van der Waals surface area contributed by atoms with E-state index in [0.29, 0.717) is 30.9 Å². The maximum Gasteiger partial charge on any atom is 0.255 e. The zero-order valence-corrected chi connectivity index (χ0v) is 21.5.